The molecule has 0 fully saturated rings. The second-order valence-corrected chi connectivity index (χ2v) is 7.28. The van der Waals surface area contributed by atoms with Gasteiger partial charge in [-0.2, -0.15) is 13.2 Å². The average molecular weight is 436 g/mol. The van der Waals surface area contributed by atoms with Crippen molar-refractivity contribution in [3.8, 4) is 11.6 Å². The van der Waals surface area contributed by atoms with Gasteiger partial charge in [0.1, 0.15) is 11.6 Å². The van der Waals surface area contributed by atoms with Gasteiger partial charge in [0, 0.05) is 22.9 Å². The van der Waals surface area contributed by atoms with Crippen molar-refractivity contribution in [1.82, 2.24) is 19.9 Å². The van der Waals surface area contributed by atoms with Crippen LogP contribution in [0, 0.1) is 13.8 Å². The Bertz CT molecular complexity index is 1040. The van der Waals surface area contributed by atoms with Crippen molar-refractivity contribution in [2.75, 3.05) is 13.7 Å². The summed E-state index contributed by atoms with van der Waals surface area (Å²) < 4.78 is 59.7. The number of hydrogen-bond donors (Lipinski definition) is 0. The van der Waals surface area contributed by atoms with Gasteiger partial charge in [-0.1, -0.05) is 0 Å². The SMILES string of the molecule is COc1ccnc(CS(=O)c2nc3cc(C)c(OCC(F)(F)F)nc3[n-]2)c1C.[Na+]. The Hall–Kier alpha value is -1.69. The number of alkyl halides is 3. The van der Waals surface area contributed by atoms with E-state index in [1.54, 1.807) is 26.1 Å². The number of pyridine rings is 2. The van der Waals surface area contributed by atoms with Crippen LogP contribution < -0.4 is 44.0 Å². The summed E-state index contributed by atoms with van der Waals surface area (Å²) in [5, 5.41) is 0.0268. The average Bonchev–Trinajstić information content (AvgIpc) is 3.03. The molecule has 1 atom stereocenters. The predicted octanol–water partition coefficient (Wildman–Crippen LogP) is -0.140. The van der Waals surface area contributed by atoms with E-state index >= 15 is 0 Å². The van der Waals surface area contributed by atoms with E-state index in [9.17, 15) is 17.4 Å². The van der Waals surface area contributed by atoms with E-state index in [1.807, 2.05) is 0 Å². The number of hydrogen-bond acceptors (Lipinski definition) is 6. The van der Waals surface area contributed by atoms with Crippen molar-refractivity contribution >= 4 is 22.0 Å². The van der Waals surface area contributed by atoms with E-state index in [-0.39, 0.29) is 52.0 Å². The predicted molar refractivity (Wildman–Crippen MR) is 94.8 cm³/mol. The maximum Gasteiger partial charge on any atom is 1.00 e. The number of halogens is 3. The minimum Gasteiger partial charge on any atom is -0.496 e. The third-order valence-electron chi connectivity index (χ3n) is 3.87. The monoisotopic (exact) mass is 436 g/mol. The van der Waals surface area contributed by atoms with Crippen LogP contribution in [0.15, 0.2) is 23.5 Å². The number of imidazole rings is 1. The standard InChI is InChI=1S/C17H16F3N4O3S.Na/c1-9-6-11-14(23-15(9)27-8-17(18,19)20)24-16(22-11)28(25)7-12-10(2)13(26-3)4-5-21-12;/h4-6H,7-8H2,1-3H3;/q-1;+1. The van der Waals surface area contributed by atoms with Gasteiger partial charge in [0.05, 0.1) is 34.5 Å². The molecule has 0 saturated carbocycles. The summed E-state index contributed by atoms with van der Waals surface area (Å²) in [5.41, 5.74) is 2.10. The van der Waals surface area contributed by atoms with E-state index in [4.69, 9.17) is 9.47 Å². The van der Waals surface area contributed by atoms with Crippen molar-refractivity contribution in [3.05, 3.63) is 35.2 Å². The fourth-order valence-corrected chi connectivity index (χ4v) is 3.53. The van der Waals surface area contributed by atoms with Crippen LogP contribution in [0.5, 0.6) is 11.6 Å². The van der Waals surface area contributed by atoms with Crippen LogP contribution in [0.3, 0.4) is 0 Å². The van der Waals surface area contributed by atoms with Gasteiger partial charge in [-0.3, -0.25) is 9.19 Å². The maximum absolute atomic E-state index is 12.7. The molecule has 0 aromatic carbocycles. The molecule has 0 aliphatic heterocycles. The van der Waals surface area contributed by atoms with E-state index in [1.165, 1.54) is 13.2 Å². The summed E-state index contributed by atoms with van der Waals surface area (Å²) in [6.07, 6.45) is -2.93. The van der Waals surface area contributed by atoms with E-state index in [2.05, 4.69) is 19.9 Å². The molecule has 0 saturated heterocycles. The van der Waals surface area contributed by atoms with Crippen LogP contribution in [0.4, 0.5) is 13.2 Å². The van der Waals surface area contributed by atoms with Crippen molar-refractivity contribution < 1.29 is 56.4 Å². The molecular formula is C17H16F3N4NaO3S. The van der Waals surface area contributed by atoms with Crippen molar-refractivity contribution in [2.24, 2.45) is 0 Å². The van der Waals surface area contributed by atoms with Gasteiger partial charge in [-0.25, -0.2) is 0 Å². The number of aromatic nitrogens is 4. The normalized spacial score (nSPS) is 12.5. The van der Waals surface area contributed by atoms with Crippen molar-refractivity contribution in [2.45, 2.75) is 30.9 Å². The summed E-state index contributed by atoms with van der Waals surface area (Å²) in [5.74, 6) is 0.502. The molecule has 29 heavy (non-hydrogen) atoms. The van der Waals surface area contributed by atoms with Crippen LogP contribution in [0.25, 0.3) is 11.2 Å². The third kappa shape index (κ3) is 5.68. The molecule has 3 aromatic heterocycles. The van der Waals surface area contributed by atoms with Gasteiger partial charge in [-0.05, 0) is 31.5 Å². The molecule has 0 aliphatic carbocycles. The smallest absolute Gasteiger partial charge is 0.496 e. The van der Waals surface area contributed by atoms with E-state index in [0.29, 0.717) is 22.5 Å². The second-order valence-electron chi connectivity index (χ2n) is 5.94. The summed E-state index contributed by atoms with van der Waals surface area (Å²) in [4.78, 5) is 16.4. The van der Waals surface area contributed by atoms with Crippen LogP contribution >= 0.6 is 0 Å². The molecule has 0 aliphatic rings. The summed E-state index contributed by atoms with van der Waals surface area (Å²) >= 11 is 0. The van der Waals surface area contributed by atoms with Gasteiger partial charge in [0.15, 0.2) is 6.61 Å². The largest absolute Gasteiger partial charge is 1.00 e. The molecule has 0 N–H and O–H groups in total. The number of aryl methyl sites for hydroxylation is 1. The zero-order chi connectivity index (χ0) is 20.5. The molecule has 3 heterocycles. The summed E-state index contributed by atoms with van der Waals surface area (Å²) in [7, 11) is -0.0894. The van der Waals surface area contributed by atoms with E-state index in [0.717, 1.165) is 5.56 Å². The Morgan fingerprint density at radius 1 is 1.24 bits per heavy atom. The molecule has 3 aromatic rings. The quantitative estimate of drug-likeness (QED) is 0.497. The minimum atomic E-state index is -4.48. The number of ether oxygens (including phenoxy) is 2. The van der Waals surface area contributed by atoms with Crippen molar-refractivity contribution in [1.29, 1.82) is 0 Å². The second kappa shape index (κ2) is 9.41. The minimum absolute atomic E-state index is 0. The van der Waals surface area contributed by atoms with Crippen LogP contribution in [0.2, 0.25) is 0 Å². The fraction of sp³-hybridized carbons (Fsp3) is 0.353. The Morgan fingerprint density at radius 2 is 1.97 bits per heavy atom. The third-order valence-corrected chi connectivity index (χ3v) is 4.99. The van der Waals surface area contributed by atoms with Gasteiger partial charge in [0.2, 0.25) is 0 Å². The Morgan fingerprint density at radius 3 is 2.62 bits per heavy atom. The summed E-state index contributed by atoms with van der Waals surface area (Å²) in [6, 6.07) is 3.20. The fourth-order valence-electron chi connectivity index (χ4n) is 2.47. The van der Waals surface area contributed by atoms with Gasteiger partial charge < -0.3 is 24.4 Å². The molecule has 0 radical (unpaired) electrons. The number of nitrogens with zero attached hydrogens (tertiary/aromatic N) is 4. The van der Waals surface area contributed by atoms with Gasteiger partial charge in [-0.15, -0.1) is 0 Å². The Balaban J connectivity index is 0.00000300. The Kier molecular flexibility index (Phi) is 7.66. The van der Waals surface area contributed by atoms with Crippen molar-refractivity contribution in [3.63, 3.8) is 0 Å². The first kappa shape index (κ1) is 23.6. The zero-order valence-electron chi connectivity index (χ0n) is 16.2. The van der Waals surface area contributed by atoms with E-state index < -0.39 is 23.6 Å². The van der Waals surface area contributed by atoms with Gasteiger partial charge in [0.25, 0.3) is 0 Å². The number of fused-ring (bicyclic) bond motifs is 1. The molecule has 12 heteroatoms. The first-order valence-corrected chi connectivity index (χ1v) is 9.38. The molecular weight excluding hydrogens is 420 g/mol. The molecule has 3 rings (SSSR count). The molecule has 7 nitrogen and oxygen atoms in total. The van der Waals surface area contributed by atoms with Crippen LogP contribution in [-0.2, 0) is 16.6 Å². The molecule has 0 bridgehead atoms. The van der Waals surface area contributed by atoms with Gasteiger partial charge >= 0.3 is 35.7 Å². The molecule has 150 valence electrons. The molecule has 0 spiro atoms. The Labute approximate surface area is 189 Å². The molecule has 1 unspecified atom stereocenters. The topological polar surface area (TPSA) is 88.3 Å². The van der Waals surface area contributed by atoms with Crippen LogP contribution in [-0.4, -0.2) is 39.1 Å². The number of rotatable bonds is 6. The number of methoxy groups -OCH3 is 1. The molecule has 0 amide bonds. The zero-order valence-corrected chi connectivity index (χ0v) is 19.0. The maximum atomic E-state index is 12.7. The first-order chi connectivity index (χ1) is 13.2. The summed E-state index contributed by atoms with van der Waals surface area (Å²) in [6.45, 7) is 1.89. The first-order valence-electron chi connectivity index (χ1n) is 8.06. The van der Waals surface area contributed by atoms with Crippen LogP contribution in [0.1, 0.15) is 16.8 Å².